The van der Waals surface area contributed by atoms with Gasteiger partial charge in [-0.25, -0.2) is 4.79 Å². The molecule has 0 fully saturated rings. The lowest BCUT2D eigenvalue weighted by atomic mass is 10.1. The molecule has 6 heteroatoms. The molecule has 0 saturated heterocycles. The Hall–Kier alpha value is -1.85. The monoisotopic (exact) mass is 293 g/mol. The lowest BCUT2D eigenvalue weighted by molar-refractivity contribution is 0.0505. The summed E-state index contributed by atoms with van der Waals surface area (Å²) < 4.78 is 10.4. The summed E-state index contributed by atoms with van der Waals surface area (Å²) in [5.41, 5.74) is -0.527. The van der Waals surface area contributed by atoms with Crippen molar-refractivity contribution in [1.29, 1.82) is 0 Å². The highest BCUT2D eigenvalue weighted by Gasteiger charge is 2.22. The smallest absolute Gasteiger partial charge is 0.408 e. The normalized spacial score (nSPS) is 19.5. The van der Waals surface area contributed by atoms with Crippen LogP contribution in [-0.4, -0.2) is 21.8 Å². The van der Waals surface area contributed by atoms with Gasteiger partial charge >= 0.3 is 6.09 Å². The molecule has 0 radical (unpaired) electrons. The first kappa shape index (κ1) is 15.5. The molecule has 2 atom stereocenters. The fourth-order valence-electron chi connectivity index (χ4n) is 2.17. The quantitative estimate of drug-likeness (QED) is 0.863. The first-order valence-electron chi connectivity index (χ1n) is 7.32. The molecule has 21 heavy (non-hydrogen) atoms. The Balaban J connectivity index is 1.87. The van der Waals surface area contributed by atoms with Crippen LogP contribution in [0, 0.1) is 5.92 Å². The maximum absolute atomic E-state index is 11.7. The van der Waals surface area contributed by atoms with Crippen LogP contribution < -0.4 is 5.32 Å². The largest absolute Gasteiger partial charge is 0.444 e. The molecule has 0 bridgehead atoms. The number of hydrogen-bond donors (Lipinski definition) is 1. The lowest BCUT2D eigenvalue weighted by Crippen LogP contribution is -2.34. The first-order valence-corrected chi connectivity index (χ1v) is 7.32. The van der Waals surface area contributed by atoms with E-state index in [0.717, 1.165) is 19.3 Å². The molecule has 1 aliphatic rings. The van der Waals surface area contributed by atoms with Crippen molar-refractivity contribution in [3.8, 4) is 0 Å². The van der Waals surface area contributed by atoms with Gasteiger partial charge in [-0.1, -0.05) is 17.3 Å². The first-order chi connectivity index (χ1) is 9.83. The lowest BCUT2D eigenvalue weighted by Gasteiger charge is -2.20. The van der Waals surface area contributed by atoms with Gasteiger partial charge in [0.05, 0.1) is 6.04 Å². The number of ether oxygens (including phenoxy) is 1. The van der Waals surface area contributed by atoms with Gasteiger partial charge in [0.15, 0.2) is 5.82 Å². The highest BCUT2D eigenvalue weighted by atomic mass is 16.6. The summed E-state index contributed by atoms with van der Waals surface area (Å²) >= 11 is 0. The molecule has 1 N–H and O–H groups in total. The molecule has 1 aromatic heterocycles. The van der Waals surface area contributed by atoms with Crippen molar-refractivity contribution >= 4 is 6.09 Å². The van der Waals surface area contributed by atoms with E-state index in [1.54, 1.807) is 6.92 Å². The van der Waals surface area contributed by atoms with Crippen LogP contribution >= 0.6 is 0 Å². The summed E-state index contributed by atoms with van der Waals surface area (Å²) in [5, 5.41) is 6.63. The van der Waals surface area contributed by atoms with Gasteiger partial charge in [0.1, 0.15) is 5.60 Å². The SMILES string of the molecule is C[C@@H](NC(=O)OC(C)(C)C)c1noc(C[C@H]2C=CCC2)n1. The molecule has 0 saturated carbocycles. The van der Waals surface area contributed by atoms with Crippen molar-refractivity contribution in [3.05, 3.63) is 23.9 Å². The number of carbonyl (C=O) groups is 1. The van der Waals surface area contributed by atoms with Crippen LogP contribution in [0.3, 0.4) is 0 Å². The number of nitrogens with one attached hydrogen (secondary N) is 1. The molecule has 0 aliphatic heterocycles. The van der Waals surface area contributed by atoms with Crippen molar-refractivity contribution in [3.63, 3.8) is 0 Å². The third-order valence-electron chi connectivity index (χ3n) is 3.15. The summed E-state index contributed by atoms with van der Waals surface area (Å²) in [6, 6.07) is -0.350. The second kappa shape index (κ2) is 6.28. The standard InChI is InChI=1S/C15H23N3O3/c1-10(16-14(19)20-15(2,3)4)13-17-12(21-18-13)9-11-7-5-6-8-11/h5,7,10-11H,6,8-9H2,1-4H3,(H,16,19)/t10-,11+/m1/s1. The number of alkyl carbamates (subject to hydrolysis) is 1. The van der Waals surface area contributed by atoms with Gasteiger partial charge in [0.25, 0.3) is 0 Å². The van der Waals surface area contributed by atoms with Crippen molar-refractivity contribution in [2.24, 2.45) is 5.92 Å². The van der Waals surface area contributed by atoms with E-state index in [-0.39, 0.29) is 6.04 Å². The average molecular weight is 293 g/mol. The number of rotatable bonds is 4. The fraction of sp³-hybridized carbons (Fsp3) is 0.667. The Kier molecular flexibility index (Phi) is 4.65. The van der Waals surface area contributed by atoms with Crippen LogP contribution in [-0.2, 0) is 11.2 Å². The van der Waals surface area contributed by atoms with Crippen molar-refractivity contribution in [1.82, 2.24) is 15.5 Å². The molecule has 6 nitrogen and oxygen atoms in total. The molecular formula is C15H23N3O3. The maximum Gasteiger partial charge on any atom is 0.408 e. The Morgan fingerprint density at radius 1 is 1.57 bits per heavy atom. The molecule has 0 spiro atoms. The molecular weight excluding hydrogens is 270 g/mol. The van der Waals surface area contributed by atoms with E-state index in [1.807, 2.05) is 20.8 Å². The van der Waals surface area contributed by atoms with Crippen molar-refractivity contribution < 1.29 is 14.1 Å². The van der Waals surface area contributed by atoms with Crippen molar-refractivity contribution in [2.75, 3.05) is 0 Å². The predicted molar refractivity (Wildman–Crippen MR) is 77.7 cm³/mol. The molecule has 1 amide bonds. The van der Waals surface area contributed by atoms with E-state index >= 15 is 0 Å². The number of amides is 1. The highest BCUT2D eigenvalue weighted by molar-refractivity contribution is 5.68. The Bertz CT molecular complexity index is 516. The van der Waals surface area contributed by atoms with Gasteiger partial charge < -0.3 is 14.6 Å². The summed E-state index contributed by atoms with van der Waals surface area (Å²) in [7, 11) is 0. The second-order valence-corrected chi connectivity index (χ2v) is 6.38. The molecule has 1 heterocycles. The molecule has 116 valence electrons. The molecule has 1 aromatic rings. The van der Waals surface area contributed by atoms with Crippen LogP contribution in [0.5, 0.6) is 0 Å². The van der Waals surface area contributed by atoms with Gasteiger partial charge in [-0.2, -0.15) is 4.98 Å². The fourth-order valence-corrected chi connectivity index (χ4v) is 2.17. The summed E-state index contributed by atoms with van der Waals surface area (Å²) in [5.74, 6) is 1.56. The molecule has 0 aromatic carbocycles. The van der Waals surface area contributed by atoms with Gasteiger partial charge in [0.2, 0.25) is 5.89 Å². The zero-order valence-electron chi connectivity index (χ0n) is 13.0. The number of carbonyl (C=O) groups excluding carboxylic acids is 1. The predicted octanol–water partition coefficient (Wildman–Crippen LogP) is 3.16. The third kappa shape index (κ3) is 4.88. The Morgan fingerprint density at radius 2 is 2.33 bits per heavy atom. The number of aromatic nitrogens is 2. The number of allylic oxidation sites excluding steroid dienone is 2. The Labute approximate surface area is 124 Å². The van der Waals surface area contributed by atoms with Crippen LogP contribution in [0.4, 0.5) is 4.79 Å². The van der Waals surface area contributed by atoms with E-state index in [2.05, 4.69) is 27.6 Å². The third-order valence-corrected chi connectivity index (χ3v) is 3.15. The topological polar surface area (TPSA) is 77.2 Å². The maximum atomic E-state index is 11.7. The summed E-state index contributed by atoms with van der Waals surface area (Å²) in [6.45, 7) is 7.25. The van der Waals surface area contributed by atoms with Gasteiger partial charge in [-0.15, -0.1) is 0 Å². The van der Waals surface area contributed by atoms with E-state index in [0.29, 0.717) is 17.6 Å². The van der Waals surface area contributed by atoms with E-state index < -0.39 is 11.7 Å². The zero-order chi connectivity index (χ0) is 15.5. The molecule has 2 rings (SSSR count). The number of nitrogens with zero attached hydrogens (tertiary/aromatic N) is 2. The van der Waals surface area contributed by atoms with Crippen LogP contribution in [0.25, 0.3) is 0 Å². The summed E-state index contributed by atoms with van der Waals surface area (Å²) in [6.07, 6.45) is 6.87. The number of hydrogen-bond acceptors (Lipinski definition) is 5. The molecule has 1 aliphatic carbocycles. The van der Waals surface area contributed by atoms with Crippen LogP contribution in [0.2, 0.25) is 0 Å². The van der Waals surface area contributed by atoms with Gasteiger partial charge in [-0.3, -0.25) is 0 Å². The summed E-state index contributed by atoms with van der Waals surface area (Å²) in [4.78, 5) is 16.0. The second-order valence-electron chi connectivity index (χ2n) is 6.38. The minimum Gasteiger partial charge on any atom is -0.444 e. The van der Waals surface area contributed by atoms with Gasteiger partial charge in [-0.05, 0) is 46.5 Å². The minimum absolute atomic E-state index is 0.350. The minimum atomic E-state index is -0.527. The van der Waals surface area contributed by atoms with Crippen LogP contribution in [0.15, 0.2) is 16.7 Å². The van der Waals surface area contributed by atoms with Crippen molar-refractivity contribution in [2.45, 2.75) is 58.6 Å². The van der Waals surface area contributed by atoms with Crippen LogP contribution in [0.1, 0.15) is 58.3 Å². The average Bonchev–Trinajstić information content (AvgIpc) is 2.98. The van der Waals surface area contributed by atoms with E-state index in [9.17, 15) is 4.79 Å². The zero-order valence-corrected chi connectivity index (χ0v) is 13.0. The van der Waals surface area contributed by atoms with Gasteiger partial charge in [0, 0.05) is 6.42 Å². The highest BCUT2D eigenvalue weighted by Crippen LogP contribution is 2.21. The molecule has 0 unspecified atom stereocenters. The van der Waals surface area contributed by atoms with E-state index in [1.165, 1.54) is 0 Å². The van der Waals surface area contributed by atoms with E-state index in [4.69, 9.17) is 9.26 Å². The Morgan fingerprint density at radius 3 is 2.95 bits per heavy atom.